The molecule has 0 aromatic heterocycles. The maximum atomic E-state index is 9.28. The zero-order chi connectivity index (χ0) is 10.8. The second-order valence-electron chi connectivity index (χ2n) is 5.52. The van der Waals surface area contributed by atoms with Crippen molar-refractivity contribution in [1.29, 1.82) is 0 Å². The van der Waals surface area contributed by atoms with Crippen molar-refractivity contribution in [2.75, 3.05) is 6.61 Å². The quantitative estimate of drug-likeness (QED) is 0.620. The van der Waals surface area contributed by atoms with Crippen molar-refractivity contribution in [3.8, 4) is 0 Å². The molecule has 1 saturated carbocycles. The van der Waals surface area contributed by atoms with Crippen LogP contribution >= 0.6 is 0 Å². The normalized spacial score (nSPS) is 34.5. The van der Waals surface area contributed by atoms with Crippen LogP contribution in [0.5, 0.6) is 0 Å². The Balaban J connectivity index is 2.50. The molecule has 0 amide bonds. The van der Waals surface area contributed by atoms with Crippen LogP contribution in [0.15, 0.2) is 0 Å². The Bertz CT molecular complexity index is 177. The van der Waals surface area contributed by atoms with Gasteiger partial charge in [0.05, 0.1) is 0 Å². The van der Waals surface area contributed by atoms with Gasteiger partial charge in [-0.05, 0) is 46.0 Å². The van der Waals surface area contributed by atoms with Gasteiger partial charge in [0.1, 0.15) is 0 Å². The summed E-state index contributed by atoms with van der Waals surface area (Å²) in [6.45, 7) is 6.74. The summed E-state index contributed by atoms with van der Waals surface area (Å²) in [4.78, 5) is 0. The van der Waals surface area contributed by atoms with E-state index in [4.69, 9.17) is 5.73 Å². The molecule has 1 fully saturated rings. The molecule has 1 rings (SSSR count). The Hall–Kier alpha value is -0.120. The van der Waals surface area contributed by atoms with Crippen molar-refractivity contribution >= 4 is 0 Å². The number of aliphatic hydroxyl groups is 1. The molecule has 84 valence electrons. The van der Waals surface area contributed by atoms with Crippen LogP contribution in [0.25, 0.3) is 0 Å². The van der Waals surface area contributed by atoms with Crippen LogP contribution in [0.2, 0.25) is 0 Å². The van der Waals surface area contributed by atoms with Crippen molar-refractivity contribution in [3.63, 3.8) is 0 Å². The van der Waals surface area contributed by atoms with Crippen LogP contribution < -0.4 is 11.1 Å². The molecular weight excluding hydrogens is 176 g/mol. The molecule has 3 heteroatoms. The van der Waals surface area contributed by atoms with Crippen LogP contribution in [0.1, 0.15) is 40.0 Å². The maximum absolute atomic E-state index is 9.28. The Kier molecular flexibility index (Phi) is 3.93. The highest BCUT2D eigenvalue weighted by Gasteiger charge is 2.30. The average Bonchev–Trinajstić information content (AvgIpc) is 2.06. The summed E-state index contributed by atoms with van der Waals surface area (Å²) in [7, 11) is 0. The lowest BCUT2D eigenvalue weighted by atomic mass is 9.81. The van der Waals surface area contributed by atoms with Crippen molar-refractivity contribution in [2.45, 2.75) is 57.7 Å². The smallest absolute Gasteiger partial charge is 0.0474 e. The van der Waals surface area contributed by atoms with E-state index in [1.807, 2.05) is 0 Å². The van der Waals surface area contributed by atoms with Crippen LogP contribution in [-0.4, -0.2) is 29.3 Å². The molecule has 14 heavy (non-hydrogen) atoms. The van der Waals surface area contributed by atoms with Crippen LogP contribution in [0, 0.1) is 5.92 Å². The molecule has 0 spiro atoms. The predicted octanol–water partition coefficient (Wildman–Crippen LogP) is 0.863. The Labute approximate surface area is 87.1 Å². The molecule has 0 heterocycles. The summed E-state index contributed by atoms with van der Waals surface area (Å²) in [5.74, 6) is 0.331. The Morgan fingerprint density at radius 3 is 2.50 bits per heavy atom. The number of nitrogens with one attached hydrogen (secondary N) is 1. The topological polar surface area (TPSA) is 58.3 Å². The van der Waals surface area contributed by atoms with E-state index in [2.05, 4.69) is 26.1 Å². The van der Waals surface area contributed by atoms with Crippen molar-refractivity contribution in [1.82, 2.24) is 5.32 Å². The third kappa shape index (κ3) is 3.56. The van der Waals surface area contributed by atoms with Crippen molar-refractivity contribution in [3.05, 3.63) is 0 Å². The molecule has 0 saturated heterocycles. The zero-order valence-electron chi connectivity index (χ0n) is 9.59. The SMILES string of the molecule is CC(C)(C)NC1CCC(N)CC1CO. The summed E-state index contributed by atoms with van der Waals surface area (Å²) in [6, 6.07) is 0.713. The third-order valence-corrected chi connectivity index (χ3v) is 2.88. The molecule has 0 bridgehead atoms. The highest BCUT2D eigenvalue weighted by atomic mass is 16.3. The van der Waals surface area contributed by atoms with Crippen LogP contribution in [0.3, 0.4) is 0 Å². The second-order valence-corrected chi connectivity index (χ2v) is 5.52. The molecule has 0 aromatic rings. The van der Waals surface area contributed by atoms with Gasteiger partial charge in [-0.15, -0.1) is 0 Å². The summed E-state index contributed by atoms with van der Waals surface area (Å²) < 4.78 is 0. The highest BCUT2D eigenvalue weighted by Crippen LogP contribution is 2.25. The first kappa shape index (κ1) is 12.0. The lowest BCUT2D eigenvalue weighted by molar-refractivity contribution is 0.128. The summed E-state index contributed by atoms with van der Waals surface area (Å²) in [6.07, 6.45) is 3.11. The molecule has 0 radical (unpaired) electrons. The summed E-state index contributed by atoms with van der Waals surface area (Å²) in [5, 5.41) is 12.8. The molecule has 1 aliphatic carbocycles. The maximum Gasteiger partial charge on any atom is 0.0474 e. The minimum atomic E-state index is 0.125. The van der Waals surface area contributed by atoms with Gasteiger partial charge >= 0.3 is 0 Å². The molecule has 4 N–H and O–H groups in total. The standard InChI is InChI=1S/C11H24N2O/c1-11(2,3)13-10-5-4-9(12)6-8(10)7-14/h8-10,13-14H,4-7,12H2,1-3H3. The van der Waals surface area contributed by atoms with E-state index in [0.717, 1.165) is 19.3 Å². The van der Waals surface area contributed by atoms with E-state index >= 15 is 0 Å². The van der Waals surface area contributed by atoms with E-state index in [9.17, 15) is 5.11 Å². The fourth-order valence-corrected chi connectivity index (χ4v) is 2.25. The number of aliphatic hydroxyl groups excluding tert-OH is 1. The highest BCUT2D eigenvalue weighted by molar-refractivity contribution is 4.89. The monoisotopic (exact) mass is 200 g/mol. The molecule has 3 atom stereocenters. The van der Waals surface area contributed by atoms with Gasteiger partial charge in [0.2, 0.25) is 0 Å². The Morgan fingerprint density at radius 1 is 1.36 bits per heavy atom. The first-order valence-corrected chi connectivity index (χ1v) is 5.56. The van der Waals surface area contributed by atoms with Gasteiger partial charge in [0.25, 0.3) is 0 Å². The molecule has 3 unspecified atom stereocenters. The minimum Gasteiger partial charge on any atom is -0.396 e. The van der Waals surface area contributed by atoms with Gasteiger partial charge in [-0.1, -0.05) is 0 Å². The van der Waals surface area contributed by atoms with E-state index in [1.54, 1.807) is 0 Å². The summed E-state index contributed by atoms with van der Waals surface area (Å²) >= 11 is 0. The number of hydrogen-bond donors (Lipinski definition) is 3. The fourth-order valence-electron chi connectivity index (χ4n) is 2.25. The zero-order valence-corrected chi connectivity index (χ0v) is 9.59. The van der Waals surface area contributed by atoms with E-state index < -0.39 is 0 Å². The van der Waals surface area contributed by atoms with Gasteiger partial charge in [-0.3, -0.25) is 0 Å². The molecule has 0 aliphatic heterocycles. The first-order chi connectivity index (χ1) is 6.42. The van der Waals surface area contributed by atoms with Crippen LogP contribution in [0.4, 0.5) is 0 Å². The first-order valence-electron chi connectivity index (χ1n) is 5.56. The number of hydrogen-bond acceptors (Lipinski definition) is 3. The summed E-state index contributed by atoms with van der Waals surface area (Å²) in [5.41, 5.74) is 6.01. The van der Waals surface area contributed by atoms with E-state index in [0.29, 0.717) is 12.0 Å². The minimum absolute atomic E-state index is 0.125. The van der Waals surface area contributed by atoms with Gasteiger partial charge in [0, 0.05) is 24.2 Å². The lowest BCUT2D eigenvalue weighted by Crippen LogP contribution is -2.52. The van der Waals surface area contributed by atoms with Gasteiger partial charge in [-0.25, -0.2) is 0 Å². The molecule has 1 aliphatic rings. The third-order valence-electron chi connectivity index (χ3n) is 2.88. The van der Waals surface area contributed by atoms with Gasteiger partial charge in [0.15, 0.2) is 0 Å². The Morgan fingerprint density at radius 2 is 2.00 bits per heavy atom. The molecule has 0 aromatic carbocycles. The van der Waals surface area contributed by atoms with Crippen molar-refractivity contribution in [2.24, 2.45) is 11.7 Å². The lowest BCUT2D eigenvalue weighted by Gasteiger charge is -2.38. The van der Waals surface area contributed by atoms with E-state index in [1.165, 1.54) is 0 Å². The second kappa shape index (κ2) is 4.60. The van der Waals surface area contributed by atoms with Crippen LogP contribution in [-0.2, 0) is 0 Å². The van der Waals surface area contributed by atoms with Gasteiger partial charge in [-0.2, -0.15) is 0 Å². The molecule has 3 nitrogen and oxygen atoms in total. The number of nitrogens with two attached hydrogens (primary N) is 1. The largest absolute Gasteiger partial charge is 0.396 e. The molecular formula is C11H24N2O. The van der Waals surface area contributed by atoms with E-state index in [-0.39, 0.29) is 18.2 Å². The number of rotatable bonds is 2. The average molecular weight is 200 g/mol. The fraction of sp³-hybridized carbons (Fsp3) is 1.00. The van der Waals surface area contributed by atoms with Gasteiger partial charge < -0.3 is 16.2 Å². The predicted molar refractivity (Wildman–Crippen MR) is 59.1 cm³/mol. The van der Waals surface area contributed by atoms with Crippen molar-refractivity contribution < 1.29 is 5.11 Å².